The van der Waals surface area contributed by atoms with Gasteiger partial charge < -0.3 is 14.1 Å². The van der Waals surface area contributed by atoms with Crippen LogP contribution in [0.15, 0.2) is 34.7 Å². The number of hydrogen-bond acceptors (Lipinski definition) is 5. The van der Waals surface area contributed by atoms with Crippen molar-refractivity contribution >= 4 is 5.91 Å². The van der Waals surface area contributed by atoms with Crippen LogP contribution < -0.4 is 0 Å². The average molecular weight is 339 g/mol. The van der Waals surface area contributed by atoms with Gasteiger partial charge in [0.1, 0.15) is 6.10 Å². The van der Waals surface area contributed by atoms with Crippen LogP contribution in [0, 0.1) is 5.92 Å². The van der Waals surface area contributed by atoms with E-state index >= 15 is 0 Å². The normalized spacial score (nSPS) is 28.8. The molecule has 1 aromatic carbocycles. The maximum absolute atomic E-state index is 12.7. The summed E-state index contributed by atoms with van der Waals surface area (Å²) in [6.07, 6.45) is 4.06. The second-order valence-corrected chi connectivity index (χ2v) is 7.32. The first-order chi connectivity index (χ1) is 12.3. The van der Waals surface area contributed by atoms with Gasteiger partial charge in [-0.2, -0.15) is 0 Å². The van der Waals surface area contributed by atoms with E-state index in [2.05, 4.69) is 10.2 Å². The summed E-state index contributed by atoms with van der Waals surface area (Å²) in [7, 11) is 0. The Morgan fingerprint density at radius 3 is 2.68 bits per heavy atom. The van der Waals surface area contributed by atoms with Crippen LogP contribution in [0.5, 0.6) is 0 Å². The standard InChI is InChI=1S/C19H21N3O3/c23-19(13-4-2-1-3-5-13)22-9-8-15-14(11-22)10-16(24-15)18-21-20-17(25-18)12-6-7-12/h1-5,12,14-16H,6-11H2/t14-,15+,16+/m0/s1. The van der Waals surface area contributed by atoms with Gasteiger partial charge >= 0.3 is 0 Å². The van der Waals surface area contributed by atoms with Gasteiger partial charge in [-0.25, -0.2) is 0 Å². The molecule has 25 heavy (non-hydrogen) atoms. The second-order valence-electron chi connectivity index (χ2n) is 7.32. The number of piperidine rings is 1. The Morgan fingerprint density at radius 2 is 1.88 bits per heavy atom. The minimum absolute atomic E-state index is 0.108. The monoisotopic (exact) mass is 339 g/mol. The smallest absolute Gasteiger partial charge is 0.253 e. The van der Waals surface area contributed by atoms with E-state index in [1.807, 2.05) is 35.2 Å². The maximum Gasteiger partial charge on any atom is 0.253 e. The number of carbonyl (C=O) groups excluding carboxylic acids is 1. The fraction of sp³-hybridized carbons (Fsp3) is 0.526. The van der Waals surface area contributed by atoms with Crippen molar-refractivity contribution < 1.29 is 13.9 Å². The molecule has 3 heterocycles. The van der Waals surface area contributed by atoms with Crippen LogP contribution in [0.25, 0.3) is 0 Å². The van der Waals surface area contributed by atoms with Crippen LogP contribution >= 0.6 is 0 Å². The Bertz CT molecular complexity index is 771. The van der Waals surface area contributed by atoms with Crippen LogP contribution in [0.3, 0.4) is 0 Å². The average Bonchev–Trinajstić information content (AvgIpc) is 3.23. The molecule has 1 aromatic heterocycles. The Hall–Kier alpha value is -2.21. The molecular weight excluding hydrogens is 318 g/mol. The number of aromatic nitrogens is 2. The molecule has 0 bridgehead atoms. The SMILES string of the molecule is O=C(c1ccccc1)N1CC[C@H]2O[C@@H](c3nnc(C4CC4)o3)C[C@H]2C1. The minimum Gasteiger partial charge on any atom is -0.422 e. The van der Waals surface area contributed by atoms with Crippen molar-refractivity contribution in [2.24, 2.45) is 5.92 Å². The van der Waals surface area contributed by atoms with E-state index in [1.165, 1.54) is 0 Å². The first-order valence-electron chi connectivity index (χ1n) is 9.11. The van der Waals surface area contributed by atoms with Crippen LogP contribution in [-0.4, -0.2) is 40.2 Å². The van der Waals surface area contributed by atoms with E-state index in [0.29, 0.717) is 17.7 Å². The molecular formula is C19H21N3O3. The van der Waals surface area contributed by atoms with E-state index in [0.717, 1.165) is 50.2 Å². The molecule has 5 rings (SSSR count). The van der Waals surface area contributed by atoms with Crippen molar-refractivity contribution in [3.05, 3.63) is 47.7 Å². The number of nitrogens with zero attached hydrogens (tertiary/aromatic N) is 3. The molecule has 6 heteroatoms. The van der Waals surface area contributed by atoms with E-state index < -0.39 is 0 Å². The van der Waals surface area contributed by atoms with E-state index in [9.17, 15) is 4.79 Å². The number of fused-ring (bicyclic) bond motifs is 1. The second kappa shape index (κ2) is 5.95. The van der Waals surface area contributed by atoms with E-state index in [1.54, 1.807) is 0 Å². The van der Waals surface area contributed by atoms with Gasteiger partial charge in [0.25, 0.3) is 5.91 Å². The predicted molar refractivity (Wildman–Crippen MR) is 89.0 cm³/mol. The third kappa shape index (κ3) is 2.84. The van der Waals surface area contributed by atoms with Crippen molar-refractivity contribution in [1.82, 2.24) is 15.1 Å². The molecule has 0 unspecified atom stereocenters. The molecule has 2 aromatic rings. The molecule has 1 aliphatic carbocycles. The van der Waals surface area contributed by atoms with Gasteiger partial charge in [-0.3, -0.25) is 4.79 Å². The van der Waals surface area contributed by atoms with Gasteiger partial charge in [0.05, 0.1) is 6.10 Å². The molecule has 3 fully saturated rings. The molecule has 3 atom stereocenters. The number of hydrogen-bond donors (Lipinski definition) is 0. The molecule has 0 spiro atoms. The van der Waals surface area contributed by atoms with Gasteiger partial charge in [-0.1, -0.05) is 18.2 Å². The van der Waals surface area contributed by atoms with E-state index in [-0.39, 0.29) is 18.1 Å². The lowest BCUT2D eigenvalue weighted by Crippen LogP contribution is -2.44. The van der Waals surface area contributed by atoms with Crippen LogP contribution in [0.2, 0.25) is 0 Å². The zero-order valence-corrected chi connectivity index (χ0v) is 14.0. The molecule has 3 aliphatic rings. The summed E-state index contributed by atoms with van der Waals surface area (Å²) in [5.74, 6) is 2.27. The highest BCUT2D eigenvalue weighted by molar-refractivity contribution is 5.94. The van der Waals surface area contributed by atoms with Gasteiger partial charge in [-0.05, 0) is 37.8 Å². The molecule has 0 N–H and O–H groups in total. The topological polar surface area (TPSA) is 68.5 Å². The summed E-state index contributed by atoms with van der Waals surface area (Å²) in [6, 6.07) is 9.49. The van der Waals surface area contributed by atoms with Gasteiger partial charge in [0.15, 0.2) is 0 Å². The van der Waals surface area contributed by atoms with Crippen LogP contribution in [0.1, 0.15) is 59.8 Å². The van der Waals surface area contributed by atoms with Gasteiger partial charge in [-0.15, -0.1) is 10.2 Å². The molecule has 1 amide bonds. The number of amides is 1. The lowest BCUT2D eigenvalue weighted by molar-refractivity contribution is -0.00641. The summed E-state index contributed by atoms with van der Waals surface area (Å²) in [5.41, 5.74) is 0.752. The molecule has 130 valence electrons. The number of ether oxygens (including phenoxy) is 1. The Balaban J connectivity index is 1.26. The lowest BCUT2D eigenvalue weighted by atomic mass is 9.92. The van der Waals surface area contributed by atoms with Crippen LogP contribution in [-0.2, 0) is 4.74 Å². The maximum atomic E-state index is 12.7. The summed E-state index contributed by atoms with van der Waals surface area (Å²) in [4.78, 5) is 14.6. The Morgan fingerprint density at radius 1 is 1.08 bits per heavy atom. The predicted octanol–water partition coefficient (Wildman–Crippen LogP) is 2.94. The fourth-order valence-electron chi connectivity index (χ4n) is 3.94. The quantitative estimate of drug-likeness (QED) is 0.860. The summed E-state index contributed by atoms with van der Waals surface area (Å²) in [6.45, 7) is 1.47. The highest BCUT2D eigenvalue weighted by Gasteiger charge is 2.43. The zero-order chi connectivity index (χ0) is 16.8. The Labute approximate surface area is 146 Å². The van der Waals surface area contributed by atoms with Gasteiger partial charge in [0.2, 0.25) is 11.8 Å². The van der Waals surface area contributed by atoms with E-state index in [4.69, 9.17) is 9.15 Å². The number of carbonyl (C=O) groups is 1. The van der Waals surface area contributed by atoms with Crippen molar-refractivity contribution in [3.63, 3.8) is 0 Å². The van der Waals surface area contributed by atoms with Crippen molar-refractivity contribution in [2.75, 3.05) is 13.1 Å². The highest BCUT2D eigenvalue weighted by atomic mass is 16.5. The third-order valence-corrected chi connectivity index (χ3v) is 5.49. The van der Waals surface area contributed by atoms with Gasteiger partial charge in [0, 0.05) is 30.5 Å². The van der Waals surface area contributed by atoms with Crippen molar-refractivity contribution in [3.8, 4) is 0 Å². The zero-order valence-electron chi connectivity index (χ0n) is 14.0. The first-order valence-corrected chi connectivity index (χ1v) is 9.11. The Kier molecular flexibility index (Phi) is 3.59. The molecule has 0 radical (unpaired) electrons. The summed E-state index contributed by atoms with van der Waals surface area (Å²) >= 11 is 0. The fourth-order valence-corrected chi connectivity index (χ4v) is 3.94. The molecule has 2 saturated heterocycles. The van der Waals surface area contributed by atoms with Crippen molar-refractivity contribution in [2.45, 2.75) is 43.8 Å². The largest absolute Gasteiger partial charge is 0.422 e. The lowest BCUT2D eigenvalue weighted by Gasteiger charge is -2.34. The molecule has 2 aliphatic heterocycles. The third-order valence-electron chi connectivity index (χ3n) is 5.49. The molecule has 6 nitrogen and oxygen atoms in total. The highest BCUT2D eigenvalue weighted by Crippen LogP contribution is 2.43. The van der Waals surface area contributed by atoms with Crippen molar-refractivity contribution in [1.29, 1.82) is 0 Å². The number of benzene rings is 1. The number of rotatable bonds is 3. The molecule has 1 saturated carbocycles. The van der Waals surface area contributed by atoms with Crippen LogP contribution in [0.4, 0.5) is 0 Å². The minimum atomic E-state index is -0.123. The summed E-state index contributed by atoms with van der Waals surface area (Å²) < 4.78 is 12.0. The summed E-state index contributed by atoms with van der Waals surface area (Å²) in [5, 5.41) is 8.36. The first kappa shape index (κ1) is 15.1. The number of likely N-dealkylation sites (tertiary alicyclic amines) is 1.